The van der Waals surface area contributed by atoms with Gasteiger partial charge in [0.05, 0.1) is 10.6 Å². The Bertz CT molecular complexity index is 1300. The molecule has 190 valence electrons. The number of nitrogens with one attached hydrogen (secondary N) is 1. The molecule has 36 heavy (non-hydrogen) atoms. The van der Waals surface area contributed by atoms with Crippen molar-refractivity contribution in [1.82, 2.24) is 10.2 Å². The van der Waals surface area contributed by atoms with Crippen molar-refractivity contribution >= 4 is 39.1 Å². The number of rotatable bonds is 10. The number of carbonyl (C=O) groups excluding carboxylic acids is 2. The molecule has 3 aromatic carbocycles. The van der Waals surface area contributed by atoms with Crippen LogP contribution in [0, 0.1) is 5.82 Å². The maximum absolute atomic E-state index is 13.7. The molecule has 7 nitrogen and oxygen atoms in total. The monoisotopic (exact) mass is 531 g/mol. The van der Waals surface area contributed by atoms with Gasteiger partial charge < -0.3 is 10.2 Å². The third-order valence-corrected chi connectivity index (χ3v) is 7.70. The Labute approximate surface area is 215 Å². The second kappa shape index (κ2) is 12.0. The number of amides is 2. The fourth-order valence-electron chi connectivity index (χ4n) is 3.57. The molecule has 0 saturated carbocycles. The highest BCUT2D eigenvalue weighted by Crippen LogP contribution is 2.25. The van der Waals surface area contributed by atoms with E-state index in [1.165, 1.54) is 4.90 Å². The first kappa shape index (κ1) is 27.2. The summed E-state index contributed by atoms with van der Waals surface area (Å²) in [6.45, 7) is 3.11. The molecule has 10 heteroatoms. The number of anilines is 1. The lowest BCUT2D eigenvalue weighted by molar-refractivity contribution is -0.139. The van der Waals surface area contributed by atoms with Gasteiger partial charge in [-0.25, -0.2) is 12.8 Å². The van der Waals surface area contributed by atoms with Gasteiger partial charge in [-0.1, -0.05) is 48.0 Å². The molecule has 0 aromatic heterocycles. The van der Waals surface area contributed by atoms with E-state index in [1.807, 2.05) is 0 Å². The van der Waals surface area contributed by atoms with Crippen molar-refractivity contribution in [1.29, 1.82) is 0 Å². The summed E-state index contributed by atoms with van der Waals surface area (Å²) in [6, 6.07) is 18.5. The number of likely N-dealkylation sites (N-methyl/N-ethyl adjacent to an activating group) is 1. The number of hydrogen-bond donors (Lipinski definition) is 1. The van der Waals surface area contributed by atoms with Gasteiger partial charge in [-0.15, -0.1) is 0 Å². The lowest BCUT2D eigenvalue weighted by Crippen LogP contribution is -2.51. The van der Waals surface area contributed by atoms with Crippen LogP contribution < -0.4 is 9.62 Å². The van der Waals surface area contributed by atoms with Crippen LogP contribution >= 0.6 is 11.6 Å². The summed E-state index contributed by atoms with van der Waals surface area (Å²) < 4.78 is 41.5. The summed E-state index contributed by atoms with van der Waals surface area (Å²) >= 11 is 6.31. The number of halogens is 2. The van der Waals surface area contributed by atoms with Crippen molar-refractivity contribution in [2.45, 2.75) is 31.3 Å². The van der Waals surface area contributed by atoms with Gasteiger partial charge in [0.15, 0.2) is 0 Å². The minimum absolute atomic E-state index is 0.00394. The summed E-state index contributed by atoms with van der Waals surface area (Å²) in [7, 11) is -4.24. The van der Waals surface area contributed by atoms with E-state index >= 15 is 0 Å². The van der Waals surface area contributed by atoms with Gasteiger partial charge in [-0.3, -0.25) is 13.9 Å². The van der Waals surface area contributed by atoms with Crippen molar-refractivity contribution in [3.05, 3.63) is 95.3 Å². The molecule has 0 saturated heterocycles. The van der Waals surface area contributed by atoms with Crippen LogP contribution in [0.15, 0.2) is 83.8 Å². The first-order valence-corrected chi connectivity index (χ1v) is 13.1. The van der Waals surface area contributed by atoms with Crippen molar-refractivity contribution in [2.24, 2.45) is 0 Å². The van der Waals surface area contributed by atoms with Gasteiger partial charge in [-0.05, 0) is 61.9 Å². The molecule has 3 rings (SSSR count). The van der Waals surface area contributed by atoms with E-state index in [0.717, 1.165) is 28.6 Å². The highest BCUT2D eigenvalue weighted by molar-refractivity contribution is 7.92. The van der Waals surface area contributed by atoms with E-state index in [4.69, 9.17) is 11.6 Å². The smallest absolute Gasteiger partial charge is 0.264 e. The topological polar surface area (TPSA) is 86.8 Å². The minimum atomic E-state index is -4.24. The molecule has 0 bridgehead atoms. The normalized spacial score (nSPS) is 12.0. The van der Waals surface area contributed by atoms with Gasteiger partial charge in [0, 0.05) is 18.1 Å². The molecule has 3 aromatic rings. The van der Waals surface area contributed by atoms with Crippen molar-refractivity contribution in [3.8, 4) is 0 Å². The Hall–Kier alpha value is -3.43. The standard InChI is InChI=1S/C26H27ClFN3O4S/c1-3-29-26(33)19(2)30(17-20-9-7-8-12-24(20)27)25(32)18-31(22-10-5-4-6-11-22)36(34,35)23-15-13-21(28)14-16-23/h4-16,19H,3,17-18H2,1-2H3,(H,29,33)/t19-/m1/s1. The maximum Gasteiger partial charge on any atom is 0.264 e. The number of carbonyl (C=O) groups is 2. The van der Waals surface area contributed by atoms with Crippen LogP contribution in [0.2, 0.25) is 5.02 Å². The molecule has 0 radical (unpaired) electrons. The Balaban J connectivity index is 2.01. The number of para-hydroxylation sites is 1. The largest absolute Gasteiger partial charge is 0.355 e. The Kier molecular flexibility index (Phi) is 9.06. The van der Waals surface area contributed by atoms with Crippen molar-refractivity contribution in [3.63, 3.8) is 0 Å². The number of benzene rings is 3. The van der Waals surface area contributed by atoms with E-state index in [0.29, 0.717) is 17.1 Å². The molecule has 0 aliphatic carbocycles. The summed E-state index contributed by atoms with van der Waals surface area (Å²) in [5.41, 5.74) is 0.856. The van der Waals surface area contributed by atoms with Crippen LogP contribution in [0.1, 0.15) is 19.4 Å². The second-order valence-corrected chi connectivity index (χ2v) is 10.3. The quantitative estimate of drug-likeness (QED) is 0.424. The van der Waals surface area contributed by atoms with Gasteiger partial charge in [0.2, 0.25) is 11.8 Å². The van der Waals surface area contributed by atoms with Crippen LogP contribution in [0.4, 0.5) is 10.1 Å². The van der Waals surface area contributed by atoms with E-state index in [1.54, 1.807) is 68.4 Å². The molecule has 0 heterocycles. The van der Waals surface area contributed by atoms with E-state index in [-0.39, 0.29) is 23.0 Å². The molecule has 0 spiro atoms. The van der Waals surface area contributed by atoms with Gasteiger partial charge >= 0.3 is 0 Å². The molecule has 0 aliphatic rings. The molecular weight excluding hydrogens is 505 g/mol. The Morgan fingerprint density at radius 1 is 0.972 bits per heavy atom. The molecular formula is C26H27ClFN3O4S. The number of sulfonamides is 1. The van der Waals surface area contributed by atoms with E-state index in [2.05, 4.69) is 5.32 Å². The summed E-state index contributed by atoms with van der Waals surface area (Å²) in [6.07, 6.45) is 0. The average Bonchev–Trinajstić information content (AvgIpc) is 2.87. The lowest BCUT2D eigenvalue weighted by atomic mass is 10.1. The zero-order valence-corrected chi connectivity index (χ0v) is 21.5. The third-order valence-electron chi connectivity index (χ3n) is 5.54. The summed E-state index contributed by atoms with van der Waals surface area (Å²) in [5.74, 6) is -1.58. The summed E-state index contributed by atoms with van der Waals surface area (Å²) in [4.78, 5) is 27.4. The zero-order valence-electron chi connectivity index (χ0n) is 19.9. The first-order chi connectivity index (χ1) is 17.1. The van der Waals surface area contributed by atoms with Crippen molar-refractivity contribution in [2.75, 3.05) is 17.4 Å². The fraction of sp³-hybridized carbons (Fsp3) is 0.231. The van der Waals surface area contributed by atoms with Gasteiger partial charge in [-0.2, -0.15) is 0 Å². The predicted octanol–water partition coefficient (Wildman–Crippen LogP) is 4.23. The molecule has 0 unspecified atom stereocenters. The SMILES string of the molecule is CCNC(=O)[C@@H](C)N(Cc1ccccc1Cl)C(=O)CN(c1ccccc1)S(=O)(=O)c1ccc(F)cc1. The molecule has 0 aliphatic heterocycles. The van der Waals surface area contributed by atoms with Gasteiger partial charge in [0.25, 0.3) is 10.0 Å². The van der Waals surface area contributed by atoms with Crippen LogP contribution in [0.5, 0.6) is 0 Å². The van der Waals surface area contributed by atoms with Crippen molar-refractivity contribution < 1.29 is 22.4 Å². The van der Waals surface area contributed by atoms with Crippen LogP contribution in [-0.4, -0.2) is 44.3 Å². The highest BCUT2D eigenvalue weighted by Gasteiger charge is 2.32. The number of hydrogen-bond acceptors (Lipinski definition) is 4. The molecule has 1 atom stereocenters. The fourth-order valence-corrected chi connectivity index (χ4v) is 5.18. The maximum atomic E-state index is 13.7. The van der Waals surface area contributed by atoms with E-state index in [9.17, 15) is 22.4 Å². The second-order valence-electron chi connectivity index (χ2n) is 7.98. The lowest BCUT2D eigenvalue weighted by Gasteiger charge is -2.32. The zero-order chi connectivity index (χ0) is 26.3. The highest BCUT2D eigenvalue weighted by atomic mass is 35.5. The predicted molar refractivity (Wildman–Crippen MR) is 138 cm³/mol. The number of nitrogens with zero attached hydrogens (tertiary/aromatic N) is 2. The Morgan fingerprint density at radius 3 is 2.19 bits per heavy atom. The molecule has 2 amide bonds. The molecule has 0 fully saturated rings. The van der Waals surface area contributed by atoms with E-state index < -0.39 is 34.3 Å². The van der Waals surface area contributed by atoms with Crippen LogP contribution in [-0.2, 0) is 26.2 Å². The Morgan fingerprint density at radius 2 is 1.58 bits per heavy atom. The minimum Gasteiger partial charge on any atom is -0.355 e. The average molecular weight is 532 g/mol. The molecule has 1 N–H and O–H groups in total. The van der Waals surface area contributed by atoms with Crippen LogP contribution in [0.3, 0.4) is 0 Å². The van der Waals surface area contributed by atoms with Crippen LogP contribution in [0.25, 0.3) is 0 Å². The third kappa shape index (κ3) is 6.41. The van der Waals surface area contributed by atoms with Gasteiger partial charge in [0.1, 0.15) is 18.4 Å². The summed E-state index contributed by atoms with van der Waals surface area (Å²) in [5, 5.41) is 3.11. The first-order valence-electron chi connectivity index (χ1n) is 11.3.